The minimum Gasteiger partial charge on any atom is -0.759 e. The first kappa shape index (κ1) is 49.2. The monoisotopic (exact) mass is 632 g/mol. The average molecular weight is 633 g/mol. The maximum absolute atomic E-state index is 9.81. The van der Waals surface area contributed by atoms with Crippen molar-refractivity contribution in [2.75, 3.05) is 0 Å². The van der Waals surface area contributed by atoms with Crippen molar-refractivity contribution in [2.24, 2.45) is 10.2 Å². The van der Waals surface area contributed by atoms with Gasteiger partial charge >= 0.3 is 51.7 Å². The van der Waals surface area contributed by atoms with Crippen LogP contribution in [-0.4, -0.2) is 75.4 Å². The van der Waals surface area contributed by atoms with Gasteiger partial charge < -0.3 is 22.9 Å². The predicted molar refractivity (Wildman–Crippen MR) is 93.4 cm³/mol. The van der Waals surface area contributed by atoms with E-state index in [9.17, 15) is 9.59 Å². The molecular weight excluding hydrogens is 615 g/mol. The molecule has 0 aromatic rings. The summed E-state index contributed by atoms with van der Waals surface area (Å²) in [6.45, 7) is 8.94. The first-order chi connectivity index (χ1) is 12.5. The van der Waals surface area contributed by atoms with Crippen LogP contribution in [0, 0.1) is 60.4 Å². The Morgan fingerprint density at radius 1 is 0.781 bits per heavy atom. The van der Waals surface area contributed by atoms with Crippen LogP contribution in [0.15, 0.2) is 10.2 Å². The summed E-state index contributed by atoms with van der Waals surface area (Å²) in [7, 11) is -10.3. The van der Waals surface area contributed by atoms with Gasteiger partial charge in [-0.15, -0.1) is 0 Å². The van der Waals surface area contributed by atoms with Crippen molar-refractivity contribution >= 4 is 50.1 Å². The van der Waals surface area contributed by atoms with E-state index >= 15 is 0 Å². The third-order valence-electron chi connectivity index (χ3n) is 1.38. The number of hydrogen-bond acceptors (Lipinski definition) is 15. The van der Waals surface area contributed by atoms with Gasteiger partial charge in [0.25, 0.3) is 0 Å². The Labute approximate surface area is 242 Å². The van der Waals surface area contributed by atoms with Crippen LogP contribution in [-0.2, 0) is 57.5 Å². The Morgan fingerprint density at radius 2 is 0.938 bits per heavy atom. The molecule has 0 aliphatic heterocycles. The first-order valence-electron chi connectivity index (χ1n) is 6.74. The minimum absolute atomic E-state index is 0. The minimum atomic E-state index is -5.17. The molecule has 15 nitrogen and oxygen atoms in total. The van der Waals surface area contributed by atoms with E-state index in [-0.39, 0.29) is 77.5 Å². The molecule has 0 unspecified atom stereocenters. The van der Waals surface area contributed by atoms with Crippen molar-refractivity contribution in [1.29, 1.82) is 10.5 Å². The summed E-state index contributed by atoms with van der Waals surface area (Å²) in [4.78, 5) is 19.6. The molecule has 0 spiro atoms. The molecule has 0 bridgehead atoms. The van der Waals surface area contributed by atoms with Crippen molar-refractivity contribution in [3.8, 4) is 12.1 Å². The fourth-order valence-electron chi connectivity index (χ4n) is 0.497. The van der Waals surface area contributed by atoms with Crippen molar-refractivity contribution in [3.05, 3.63) is 0 Å². The third-order valence-corrected chi connectivity index (χ3v) is 1.38. The Bertz CT molecular complexity index is 780. The number of nitriles is 2. The summed E-state index contributed by atoms with van der Waals surface area (Å²) in [6.07, 6.45) is 0. The summed E-state index contributed by atoms with van der Waals surface area (Å²) in [6, 6.07) is 3.94. The molecule has 0 aliphatic rings. The summed E-state index contributed by atoms with van der Waals surface area (Å²) in [5.41, 5.74) is -1.68. The van der Waals surface area contributed by atoms with E-state index < -0.39 is 43.8 Å². The SMILES string of the molecule is CC(=O)OC(C)=O.CC(C)(C#N)N=NC(C)(C)C#N.O=S(=O)([O-])[O-].O=S(=O)([O-])[O-].[Ag+].[Al+3].[Ar]. The van der Waals surface area contributed by atoms with Crippen LogP contribution in [0.25, 0.3) is 0 Å². The zero-order valence-corrected chi connectivity index (χ0v) is 22.3. The standard InChI is InChI=1S/C8H12N4.C4H6O3.Ag.Al.Ar.2H2O4S/c1-7(2,5-9)11-12-8(3,4)6-10;1-3(5)7-4(2)6;;;;2*1-5(2,3)4/h1-4H3;1-2H3;;;;2*(H2,1,2,3,4)/q;;+1;+3;;;/p-4. The van der Waals surface area contributed by atoms with Gasteiger partial charge in [0.2, 0.25) is 0 Å². The average Bonchev–Trinajstić information content (AvgIpc) is 2.41. The number of hydrogen-bond donors (Lipinski definition) is 0. The molecule has 186 valence electrons. The van der Waals surface area contributed by atoms with Gasteiger partial charge in [0.15, 0.2) is 11.1 Å². The van der Waals surface area contributed by atoms with E-state index in [1.54, 1.807) is 27.7 Å². The Morgan fingerprint density at radius 3 is 1.00 bits per heavy atom. The molecule has 0 fully saturated rings. The van der Waals surface area contributed by atoms with Crippen LogP contribution in [0.5, 0.6) is 0 Å². The van der Waals surface area contributed by atoms with E-state index in [2.05, 4.69) is 15.0 Å². The number of esters is 2. The van der Waals surface area contributed by atoms with E-state index in [0.717, 1.165) is 0 Å². The third kappa shape index (κ3) is 87.3. The van der Waals surface area contributed by atoms with E-state index in [1.165, 1.54) is 13.8 Å². The van der Waals surface area contributed by atoms with Crippen LogP contribution in [0.1, 0.15) is 41.5 Å². The van der Waals surface area contributed by atoms with Gasteiger partial charge in [0, 0.05) is 72.4 Å². The van der Waals surface area contributed by atoms with Gasteiger partial charge in [-0.3, -0.25) is 26.4 Å². The predicted octanol–water partition coefficient (Wildman–Crippen LogP) is -0.920. The number of azo groups is 1. The first-order valence-corrected chi connectivity index (χ1v) is 9.41. The summed E-state index contributed by atoms with van der Waals surface area (Å²) >= 11 is 0. The van der Waals surface area contributed by atoms with Gasteiger partial charge in [0.1, 0.15) is 0 Å². The van der Waals surface area contributed by atoms with Gasteiger partial charge in [0.05, 0.1) is 12.1 Å². The second kappa shape index (κ2) is 22.8. The van der Waals surface area contributed by atoms with Crippen LogP contribution in [0.2, 0.25) is 0 Å². The topological polar surface area (TPSA) is 276 Å². The van der Waals surface area contributed by atoms with E-state index in [0.29, 0.717) is 0 Å². The van der Waals surface area contributed by atoms with Crippen molar-refractivity contribution < 1.29 is 109 Å². The van der Waals surface area contributed by atoms with Crippen molar-refractivity contribution in [2.45, 2.75) is 52.6 Å². The zero-order valence-electron chi connectivity index (χ0n) is 17.3. The van der Waals surface area contributed by atoms with E-state index in [1.807, 2.05) is 12.1 Å². The summed E-state index contributed by atoms with van der Waals surface area (Å²) < 4.78 is 72.1. The summed E-state index contributed by atoms with van der Waals surface area (Å²) in [5, 5.41) is 24.7. The molecule has 0 amide bonds. The molecule has 0 aliphatic carbocycles. The van der Waals surface area contributed by atoms with E-state index in [4.69, 9.17) is 45.6 Å². The smallest absolute Gasteiger partial charge is 0.759 e. The number of carbonyl (C=O) groups is 2. The van der Waals surface area contributed by atoms with Crippen molar-refractivity contribution in [3.63, 3.8) is 0 Å². The molecule has 0 heterocycles. The molecule has 0 radical (unpaired) electrons. The number of carbonyl (C=O) groups excluding carboxylic acids is 2. The van der Waals surface area contributed by atoms with Gasteiger partial charge in [-0.25, -0.2) is 0 Å². The Kier molecular flexibility index (Phi) is 35.0. The molecule has 0 saturated carbocycles. The molecule has 0 N–H and O–H groups in total. The van der Waals surface area contributed by atoms with Crippen LogP contribution in [0.4, 0.5) is 0 Å². The normalized spacial score (nSPS) is 10.0. The maximum atomic E-state index is 9.81. The maximum Gasteiger partial charge on any atom is 3.00 e. The summed E-state index contributed by atoms with van der Waals surface area (Å²) in [5.74, 6) is -1.12. The number of ether oxygens (including phenoxy) is 1. The fourth-order valence-corrected chi connectivity index (χ4v) is 0.497. The molecule has 0 aromatic carbocycles. The van der Waals surface area contributed by atoms with Gasteiger partial charge in [-0.1, -0.05) is 0 Å². The molecule has 20 heteroatoms. The van der Waals surface area contributed by atoms with Crippen molar-refractivity contribution in [1.82, 2.24) is 0 Å². The van der Waals surface area contributed by atoms with Gasteiger partial charge in [-0.05, 0) is 27.7 Å². The largest absolute Gasteiger partial charge is 3.00 e. The Hall–Kier alpha value is -0.00753. The molecule has 0 rings (SSSR count). The zero-order chi connectivity index (χ0) is 24.7. The second-order valence-corrected chi connectivity index (χ2v) is 7.08. The molecular formula is C12H18AgAlArN4O11S2. The fraction of sp³-hybridized carbons (Fsp3) is 0.667. The molecule has 32 heavy (non-hydrogen) atoms. The van der Waals surface area contributed by atoms with Crippen LogP contribution >= 0.6 is 0 Å². The van der Waals surface area contributed by atoms with Gasteiger partial charge in [-0.2, -0.15) is 20.8 Å². The number of nitrogens with zero attached hydrogens (tertiary/aromatic N) is 4. The second-order valence-electron chi connectivity index (χ2n) is 5.44. The molecule has 0 saturated heterocycles. The number of rotatable bonds is 2. The molecule has 0 atom stereocenters. The quantitative estimate of drug-likeness (QED) is 0.0889. The van der Waals surface area contributed by atoms with Crippen LogP contribution < -0.4 is 0 Å². The van der Waals surface area contributed by atoms with Crippen LogP contribution in [0.3, 0.4) is 0 Å². The molecule has 0 aromatic heterocycles. The Balaban J connectivity index is -0.0000000543.